The molecule has 0 atom stereocenters. The van der Waals surface area contributed by atoms with E-state index in [9.17, 15) is 0 Å². The first-order chi connectivity index (χ1) is 12.3. The largest absolute Gasteiger partial charge is 0.443 e. The van der Waals surface area contributed by atoms with E-state index in [2.05, 4.69) is 51.8 Å². The van der Waals surface area contributed by atoms with Crippen LogP contribution >= 0.6 is 35.3 Å². The molecular weight excluding hydrogens is 459 g/mol. The molecule has 2 N–H and O–H groups in total. The average molecular weight is 482 g/mol. The highest BCUT2D eigenvalue weighted by Gasteiger charge is 2.08. The third-order valence-electron chi connectivity index (χ3n) is 3.89. The molecule has 0 saturated carbocycles. The van der Waals surface area contributed by atoms with Gasteiger partial charge in [0.1, 0.15) is 6.26 Å². The normalized spacial score (nSPS) is 11.1. The second kappa shape index (κ2) is 10.3. The van der Waals surface area contributed by atoms with Crippen molar-refractivity contribution >= 4 is 41.3 Å². The van der Waals surface area contributed by atoms with Gasteiger partial charge in [0.25, 0.3) is 0 Å². The van der Waals surface area contributed by atoms with Crippen LogP contribution in [0.5, 0.6) is 0 Å². The maximum absolute atomic E-state index is 5.53. The van der Waals surface area contributed by atoms with Crippen molar-refractivity contribution in [3.8, 4) is 10.8 Å². The van der Waals surface area contributed by atoms with Crippen molar-refractivity contribution in [3.05, 3.63) is 64.9 Å². The summed E-state index contributed by atoms with van der Waals surface area (Å²) in [6.07, 6.45) is 2.70. The van der Waals surface area contributed by atoms with Gasteiger partial charge in [-0.3, -0.25) is 4.99 Å². The summed E-state index contributed by atoms with van der Waals surface area (Å²) < 4.78 is 5.53. The minimum absolute atomic E-state index is 0. The number of benzene rings is 1. The fourth-order valence-electron chi connectivity index (χ4n) is 2.55. The molecule has 0 amide bonds. The fraction of sp³-hybridized carbons (Fsp3) is 0.263. The smallest absolute Gasteiger partial charge is 0.236 e. The van der Waals surface area contributed by atoms with Gasteiger partial charge in [0, 0.05) is 13.6 Å². The average Bonchev–Trinajstić information content (AvgIpc) is 3.33. The molecule has 26 heavy (non-hydrogen) atoms. The summed E-state index contributed by atoms with van der Waals surface area (Å²) in [5.41, 5.74) is 3.48. The molecule has 0 aliphatic rings. The molecule has 3 rings (SSSR count). The molecule has 3 aromatic rings. The minimum atomic E-state index is 0. The molecule has 0 radical (unpaired) electrons. The van der Waals surface area contributed by atoms with Crippen LogP contribution in [0, 0.1) is 0 Å². The van der Waals surface area contributed by atoms with E-state index in [1.807, 2.05) is 17.5 Å². The Hall–Kier alpha value is -1.87. The number of thiophene rings is 1. The lowest BCUT2D eigenvalue weighted by Crippen LogP contribution is -2.36. The van der Waals surface area contributed by atoms with E-state index < -0.39 is 0 Å². The summed E-state index contributed by atoms with van der Waals surface area (Å²) in [7, 11) is 1.76. The van der Waals surface area contributed by atoms with Gasteiger partial charge in [-0.2, -0.15) is 0 Å². The first kappa shape index (κ1) is 20.4. The Bertz CT molecular complexity index is 830. The van der Waals surface area contributed by atoms with Crippen LogP contribution < -0.4 is 10.6 Å². The molecule has 0 spiro atoms. The van der Waals surface area contributed by atoms with E-state index in [-0.39, 0.29) is 24.0 Å². The molecule has 138 valence electrons. The quantitative estimate of drug-likeness (QED) is 0.310. The molecule has 0 unspecified atom stereocenters. The Balaban J connectivity index is 0.00000243. The number of nitrogens with one attached hydrogen (secondary N) is 2. The highest BCUT2D eigenvalue weighted by Crippen LogP contribution is 2.23. The summed E-state index contributed by atoms with van der Waals surface area (Å²) >= 11 is 1.61. The first-order valence-corrected chi connectivity index (χ1v) is 9.17. The molecule has 0 bridgehead atoms. The standard InChI is InChI=1S/C19H22N4OS.HI/c1-3-14-7-4-5-8-15(14)11-21-19(20-2)22-12-16-13-24-18(23-16)17-9-6-10-25-17;/h4-10,13H,3,11-12H2,1-2H3,(H2,20,21,22);1H. The molecule has 0 fully saturated rings. The summed E-state index contributed by atoms with van der Waals surface area (Å²) in [6, 6.07) is 12.4. The zero-order valence-electron chi connectivity index (χ0n) is 14.9. The van der Waals surface area contributed by atoms with Crippen LogP contribution in [-0.2, 0) is 19.5 Å². The Morgan fingerprint density at radius 1 is 1.12 bits per heavy atom. The Labute approximate surface area is 175 Å². The number of nitrogens with zero attached hydrogens (tertiary/aromatic N) is 2. The molecule has 2 heterocycles. The number of guanidine groups is 1. The van der Waals surface area contributed by atoms with Crippen molar-refractivity contribution in [2.45, 2.75) is 26.4 Å². The number of rotatable bonds is 6. The number of oxazole rings is 1. The van der Waals surface area contributed by atoms with Crippen LogP contribution in [0.25, 0.3) is 10.8 Å². The highest BCUT2D eigenvalue weighted by molar-refractivity contribution is 14.0. The predicted molar refractivity (Wildman–Crippen MR) is 118 cm³/mol. The topological polar surface area (TPSA) is 62.5 Å². The van der Waals surface area contributed by atoms with Crippen LogP contribution in [0.15, 0.2) is 57.5 Å². The Morgan fingerprint density at radius 3 is 2.58 bits per heavy atom. The van der Waals surface area contributed by atoms with E-state index >= 15 is 0 Å². The number of aromatic nitrogens is 1. The monoisotopic (exact) mass is 482 g/mol. The van der Waals surface area contributed by atoms with Gasteiger partial charge in [-0.25, -0.2) is 4.98 Å². The molecule has 5 nitrogen and oxygen atoms in total. The summed E-state index contributed by atoms with van der Waals surface area (Å²) in [4.78, 5) is 9.80. The first-order valence-electron chi connectivity index (χ1n) is 8.29. The summed E-state index contributed by atoms with van der Waals surface area (Å²) in [5.74, 6) is 1.40. The van der Waals surface area contributed by atoms with Gasteiger partial charge in [0.15, 0.2) is 5.96 Å². The van der Waals surface area contributed by atoms with Crippen molar-refractivity contribution in [1.29, 1.82) is 0 Å². The third kappa shape index (κ3) is 5.31. The lowest BCUT2D eigenvalue weighted by Gasteiger charge is -2.13. The second-order valence-electron chi connectivity index (χ2n) is 5.52. The number of halogens is 1. The molecule has 2 aromatic heterocycles. The van der Waals surface area contributed by atoms with Crippen LogP contribution in [0.1, 0.15) is 23.7 Å². The van der Waals surface area contributed by atoms with E-state index in [4.69, 9.17) is 4.42 Å². The van der Waals surface area contributed by atoms with Crippen LogP contribution in [0.4, 0.5) is 0 Å². The van der Waals surface area contributed by atoms with Gasteiger partial charge < -0.3 is 15.1 Å². The van der Waals surface area contributed by atoms with Crippen molar-refractivity contribution in [3.63, 3.8) is 0 Å². The van der Waals surface area contributed by atoms with Gasteiger partial charge in [0.05, 0.1) is 17.1 Å². The van der Waals surface area contributed by atoms with Gasteiger partial charge in [-0.15, -0.1) is 35.3 Å². The zero-order chi connectivity index (χ0) is 17.5. The van der Waals surface area contributed by atoms with Gasteiger partial charge in [-0.05, 0) is 29.0 Å². The van der Waals surface area contributed by atoms with Gasteiger partial charge in [0.2, 0.25) is 5.89 Å². The van der Waals surface area contributed by atoms with Crippen molar-refractivity contribution in [2.24, 2.45) is 4.99 Å². The number of aliphatic imine (C=N–C) groups is 1. The van der Waals surface area contributed by atoms with Crippen LogP contribution in [0.2, 0.25) is 0 Å². The lowest BCUT2D eigenvalue weighted by atomic mass is 10.1. The fourth-order valence-corrected chi connectivity index (χ4v) is 3.21. The van der Waals surface area contributed by atoms with Crippen LogP contribution in [0.3, 0.4) is 0 Å². The Morgan fingerprint density at radius 2 is 1.88 bits per heavy atom. The zero-order valence-corrected chi connectivity index (χ0v) is 18.0. The molecule has 7 heteroatoms. The van der Waals surface area contributed by atoms with E-state index in [1.54, 1.807) is 24.6 Å². The molecule has 0 aliphatic heterocycles. The number of aryl methyl sites for hydroxylation is 1. The third-order valence-corrected chi connectivity index (χ3v) is 4.75. The SMILES string of the molecule is CCc1ccccc1CNC(=NC)NCc1coc(-c2cccs2)n1.I. The van der Waals surface area contributed by atoms with E-state index in [1.165, 1.54) is 11.1 Å². The molecule has 1 aromatic carbocycles. The highest BCUT2D eigenvalue weighted by atomic mass is 127. The van der Waals surface area contributed by atoms with Crippen molar-refractivity contribution in [2.75, 3.05) is 7.05 Å². The molecule has 0 aliphatic carbocycles. The minimum Gasteiger partial charge on any atom is -0.443 e. The molecular formula is C19H23IN4OS. The maximum Gasteiger partial charge on any atom is 0.236 e. The Kier molecular flexibility index (Phi) is 8.11. The molecule has 0 saturated heterocycles. The second-order valence-corrected chi connectivity index (χ2v) is 6.47. The van der Waals surface area contributed by atoms with E-state index in [0.29, 0.717) is 12.4 Å². The van der Waals surface area contributed by atoms with Crippen LogP contribution in [-0.4, -0.2) is 18.0 Å². The van der Waals surface area contributed by atoms with Crippen molar-refractivity contribution < 1.29 is 4.42 Å². The summed E-state index contributed by atoms with van der Waals surface area (Å²) in [5, 5.41) is 8.63. The maximum atomic E-state index is 5.53. The summed E-state index contributed by atoms with van der Waals surface area (Å²) in [6.45, 7) is 3.47. The van der Waals surface area contributed by atoms with E-state index in [0.717, 1.165) is 29.5 Å². The predicted octanol–water partition coefficient (Wildman–Crippen LogP) is 4.45. The lowest BCUT2D eigenvalue weighted by molar-refractivity contribution is 0.573. The number of hydrogen-bond donors (Lipinski definition) is 2. The van der Waals surface area contributed by atoms with Gasteiger partial charge in [-0.1, -0.05) is 37.3 Å². The van der Waals surface area contributed by atoms with Crippen molar-refractivity contribution in [1.82, 2.24) is 15.6 Å². The number of hydrogen-bond acceptors (Lipinski definition) is 4. The van der Waals surface area contributed by atoms with Gasteiger partial charge >= 0.3 is 0 Å².